The molecule has 23 heavy (non-hydrogen) atoms. The van der Waals surface area contributed by atoms with Crippen LogP contribution >= 0.6 is 0 Å². The molecule has 2 atom stereocenters. The molecule has 122 valence electrons. The maximum Gasteiger partial charge on any atom is 0.399 e. The smallest absolute Gasteiger partial charge is 0.355 e. The molecule has 0 N–H and O–H groups in total. The maximum absolute atomic E-state index is 13.5. The predicted octanol–water partition coefficient (Wildman–Crippen LogP) is 2.53. The van der Waals surface area contributed by atoms with Gasteiger partial charge in [0, 0.05) is 24.7 Å². The summed E-state index contributed by atoms with van der Waals surface area (Å²) in [6, 6.07) is 3.35. The third-order valence-corrected chi connectivity index (χ3v) is 4.20. The molecule has 9 heteroatoms. The highest BCUT2D eigenvalue weighted by atomic mass is 19.4. The van der Waals surface area contributed by atoms with Crippen LogP contribution in [0.3, 0.4) is 0 Å². The number of rotatable bonds is 1. The van der Waals surface area contributed by atoms with Gasteiger partial charge in [-0.05, 0) is 11.6 Å². The van der Waals surface area contributed by atoms with Crippen molar-refractivity contribution >= 4 is 17.3 Å². The minimum absolute atomic E-state index is 0.153. The van der Waals surface area contributed by atoms with Crippen molar-refractivity contribution in [3.05, 3.63) is 46.0 Å². The van der Waals surface area contributed by atoms with E-state index in [9.17, 15) is 28.1 Å². The van der Waals surface area contributed by atoms with Gasteiger partial charge < -0.3 is 9.64 Å². The quantitative estimate of drug-likeness (QED) is 0.451. The fraction of sp³-hybridized carbons (Fsp3) is 0.357. The Labute approximate surface area is 128 Å². The van der Waals surface area contributed by atoms with Crippen LogP contribution in [0.5, 0.6) is 0 Å². The van der Waals surface area contributed by atoms with E-state index in [2.05, 4.69) is 6.58 Å². The molecule has 0 bridgehead atoms. The predicted molar refractivity (Wildman–Crippen MR) is 72.8 cm³/mol. The summed E-state index contributed by atoms with van der Waals surface area (Å²) in [5.41, 5.74) is -3.03. The molecule has 2 aliphatic heterocycles. The first-order chi connectivity index (χ1) is 10.6. The number of anilines is 1. The number of hydrogen-bond acceptors (Lipinski definition) is 4. The van der Waals surface area contributed by atoms with Crippen LogP contribution in [-0.2, 0) is 15.1 Å². The molecule has 6 nitrogen and oxygen atoms in total. The summed E-state index contributed by atoms with van der Waals surface area (Å²) in [6.45, 7) is 2.92. The lowest BCUT2D eigenvalue weighted by Crippen LogP contribution is -2.48. The van der Waals surface area contributed by atoms with Gasteiger partial charge in [-0.15, -0.1) is 0 Å². The zero-order valence-electron chi connectivity index (χ0n) is 11.9. The average Bonchev–Trinajstić information content (AvgIpc) is 2.91. The van der Waals surface area contributed by atoms with Crippen LogP contribution in [0.2, 0.25) is 0 Å². The van der Waals surface area contributed by atoms with Gasteiger partial charge in [0.1, 0.15) is 5.92 Å². The SMILES string of the molecule is C=C1CO[C@]2(C(=O)N(C)c3ccc([N+](=O)[O-])cc32)[C@H]1C(F)(F)F. The van der Waals surface area contributed by atoms with Crippen LogP contribution < -0.4 is 4.90 Å². The lowest BCUT2D eigenvalue weighted by Gasteiger charge is -2.30. The van der Waals surface area contributed by atoms with Gasteiger partial charge >= 0.3 is 6.18 Å². The lowest BCUT2D eigenvalue weighted by molar-refractivity contribution is -0.385. The number of halogens is 3. The summed E-state index contributed by atoms with van der Waals surface area (Å²) >= 11 is 0. The van der Waals surface area contributed by atoms with Gasteiger partial charge in [0.2, 0.25) is 0 Å². The first-order valence-electron chi connectivity index (χ1n) is 6.56. The van der Waals surface area contributed by atoms with Crippen molar-refractivity contribution in [2.45, 2.75) is 11.8 Å². The summed E-state index contributed by atoms with van der Waals surface area (Å²) in [7, 11) is 1.31. The number of hydrogen-bond donors (Lipinski definition) is 0. The zero-order chi connectivity index (χ0) is 17.2. The van der Waals surface area contributed by atoms with Gasteiger partial charge in [0.25, 0.3) is 11.6 Å². The van der Waals surface area contributed by atoms with E-state index in [4.69, 9.17) is 4.74 Å². The van der Waals surface area contributed by atoms with Gasteiger partial charge in [0.05, 0.1) is 17.2 Å². The van der Waals surface area contributed by atoms with Gasteiger partial charge in [-0.1, -0.05) is 6.58 Å². The van der Waals surface area contributed by atoms with E-state index in [0.717, 1.165) is 17.0 Å². The highest BCUT2D eigenvalue weighted by molar-refractivity contribution is 6.07. The fourth-order valence-corrected chi connectivity index (χ4v) is 3.24. The van der Waals surface area contributed by atoms with Crippen molar-refractivity contribution < 1.29 is 27.6 Å². The van der Waals surface area contributed by atoms with Crippen LogP contribution in [-0.4, -0.2) is 30.7 Å². The third-order valence-electron chi connectivity index (χ3n) is 4.20. The largest absolute Gasteiger partial charge is 0.399 e. The minimum Gasteiger partial charge on any atom is -0.355 e. The Morgan fingerprint density at radius 3 is 2.70 bits per heavy atom. The number of likely N-dealkylation sites (N-methyl/N-ethyl adjacent to an activating group) is 1. The van der Waals surface area contributed by atoms with Gasteiger partial charge in [-0.25, -0.2) is 0 Å². The standard InChI is InChI=1S/C14H11F3N2O4/c1-7-6-23-13(11(7)14(15,16)17)9-5-8(19(21)22)3-4-10(9)18(2)12(13)20/h3-5,11H,1,6H2,2H3/t11-,13-/m0/s1. The summed E-state index contributed by atoms with van der Waals surface area (Å²) in [5, 5.41) is 10.9. The number of carbonyl (C=O) groups is 1. The number of nitro groups is 1. The molecule has 1 fully saturated rings. The number of amides is 1. The Morgan fingerprint density at radius 1 is 1.48 bits per heavy atom. The molecule has 1 spiro atoms. The number of non-ortho nitro benzene ring substituents is 1. The van der Waals surface area contributed by atoms with Crippen LogP contribution in [0.4, 0.5) is 24.5 Å². The molecular formula is C14H11F3N2O4. The van der Waals surface area contributed by atoms with Crippen molar-refractivity contribution in [3.63, 3.8) is 0 Å². The second-order valence-electron chi connectivity index (χ2n) is 5.48. The first-order valence-corrected chi connectivity index (χ1v) is 6.56. The Bertz CT molecular complexity index is 746. The Morgan fingerprint density at radius 2 is 2.13 bits per heavy atom. The van der Waals surface area contributed by atoms with E-state index < -0.39 is 40.8 Å². The molecule has 2 aliphatic rings. The number of carbonyl (C=O) groups excluding carboxylic acids is 1. The number of fused-ring (bicyclic) bond motifs is 2. The summed E-state index contributed by atoms with van der Waals surface area (Å²) in [6.07, 6.45) is -4.77. The molecule has 1 aromatic rings. The van der Waals surface area contributed by atoms with Gasteiger partial charge in [-0.3, -0.25) is 14.9 Å². The monoisotopic (exact) mass is 328 g/mol. The summed E-state index contributed by atoms with van der Waals surface area (Å²) in [4.78, 5) is 23.8. The summed E-state index contributed by atoms with van der Waals surface area (Å²) in [5.74, 6) is -3.15. The molecule has 0 aliphatic carbocycles. The Balaban J connectivity index is 2.29. The van der Waals surface area contributed by atoms with E-state index in [-0.39, 0.29) is 16.8 Å². The molecule has 1 aromatic carbocycles. The number of alkyl halides is 3. The van der Waals surface area contributed by atoms with E-state index in [0.29, 0.717) is 0 Å². The second kappa shape index (κ2) is 4.54. The van der Waals surface area contributed by atoms with Gasteiger partial charge in [0.15, 0.2) is 5.60 Å². The molecule has 0 radical (unpaired) electrons. The minimum atomic E-state index is -4.77. The number of benzene rings is 1. The highest BCUT2D eigenvalue weighted by Gasteiger charge is 2.68. The van der Waals surface area contributed by atoms with Gasteiger partial charge in [-0.2, -0.15) is 13.2 Å². The van der Waals surface area contributed by atoms with Crippen LogP contribution in [0, 0.1) is 16.0 Å². The number of nitrogens with zero attached hydrogens (tertiary/aromatic N) is 2. The molecule has 3 rings (SSSR count). The van der Waals surface area contributed by atoms with E-state index in [1.807, 2.05) is 0 Å². The molecule has 1 amide bonds. The topological polar surface area (TPSA) is 72.7 Å². The average molecular weight is 328 g/mol. The molecule has 1 saturated heterocycles. The normalized spacial score (nSPS) is 27.0. The first kappa shape index (κ1) is 15.5. The Kier molecular flexibility index (Phi) is 3.06. The number of ether oxygens (including phenoxy) is 1. The summed E-state index contributed by atoms with van der Waals surface area (Å²) < 4.78 is 45.8. The van der Waals surface area contributed by atoms with Crippen molar-refractivity contribution in [3.8, 4) is 0 Å². The highest BCUT2D eigenvalue weighted by Crippen LogP contribution is 2.57. The molecular weight excluding hydrogens is 317 g/mol. The van der Waals surface area contributed by atoms with Crippen molar-refractivity contribution in [2.24, 2.45) is 5.92 Å². The van der Waals surface area contributed by atoms with E-state index >= 15 is 0 Å². The number of nitro benzene ring substituents is 1. The van der Waals surface area contributed by atoms with Crippen molar-refractivity contribution in [1.29, 1.82) is 0 Å². The molecule has 0 unspecified atom stereocenters. The fourth-order valence-electron chi connectivity index (χ4n) is 3.24. The van der Waals surface area contributed by atoms with Crippen LogP contribution in [0.15, 0.2) is 30.4 Å². The van der Waals surface area contributed by atoms with E-state index in [1.54, 1.807) is 0 Å². The molecule has 0 saturated carbocycles. The van der Waals surface area contributed by atoms with Crippen molar-refractivity contribution in [1.82, 2.24) is 0 Å². The lowest BCUT2D eigenvalue weighted by atomic mass is 9.80. The molecule has 2 heterocycles. The maximum atomic E-state index is 13.5. The van der Waals surface area contributed by atoms with E-state index in [1.165, 1.54) is 13.1 Å². The van der Waals surface area contributed by atoms with Crippen LogP contribution in [0.1, 0.15) is 5.56 Å². The van der Waals surface area contributed by atoms with Crippen LogP contribution in [0.25, 0.3) is 0 Å². The third kappa shape index (κ3) is 1.89. The zero-order valence-corrected chi connectivity index (χ0v) is 11.9. The van der Waals surface area contributed by atoms with Crippen molar-refractivity contribution in [2.75, 3.05) is 18.6 Å². The Hall–Kier alpha value is -2.42. The second-order valence-corrected chi connectivity index (χ2v) is 5.48. The molecule has 0 aromatic heterocycles.